The van der Waals surface area contributed by atoms with Gasteiger partial charge in [-0.1, -0.05) is 11.6 Å². The van der Waals surface area contributed by atoms with Crippen molar-refractivity contribution in [2.75, 3.05) is 85.0 Å². The first-order valence-electron chi connectivity index (χ1n) is 30.9. The maximum atomic E-state index is 13.7. The fourth-order valence-corrected chi connectivity index (χ4v) is 13.5. The molecule has 2 saturated heterocycles. The van der Waals surface area contributed by atoms with Crippen molar-refractivity contribution in [3.05, 3.63) is 58.8 Å². The number of amides is 6. The van der Waals surface area contributed by atoms with E-state index in [1.807, 2.05) is 12.1 Å². The summed E-state index contributed by atoms with van der Waals surface area (Å²) in [7, 11) is 2.73. The van der Waals surface area contributed by atoms with E-state index < -0.39 is 56.0 Å². The third-order valence-electron chi connectivity index (χ3n) is 18.8. The van der Waals surface area contributed by atoms with Gasteiger partial charge in [-0.15, -0.1) is 0 Å². The van der Waals surface area contributed by atoms with E-state index in [0.717, 1.165) is 16.6 Å². The summed E-state index contributed by atoms with van der Waals surface area (Å²) in [5.74, 6) is -6.58. The number of nitrogens with one attached hydrogen (secondary N) is 4. The summed E-state index contributed by atoms with van der Waals surface area (Å²) in [6, 6.07) is 7.25. The standard InChI is InChI=1S/C64H87ClN8O16/c1-57(2)53(80)43-39-61(86-88-63(43,84-9)59(5,6)55(57)82)23-34-72(35-24-61)51(78)20-16-47(74)68-27-11-12-32-71(50(77)19-18-49(76)70-31-30-67-45-22-29-66-46-38-41(65)14-15-42(45)46)33-13-28-69-48(75)17-21-52(79)73-36-25-62(26-37-73)40-44-54(81)58(3,4)56(83)60(7,8)64(44,85-10)89-87-62/h14-15,22,29,38-40H,11-13,16-21,23-28,30-37H2,1-10H3,(H,66,67)(H,68,74)(H,69,75)(H,70,76). The van der Waals surface area contributed by atoms with Crippen molar-refractivity contribution in [2.24, 2.45) is 21.7 Å². The van der Waals surface area contributed by atoms with E-state index in [1.165, 1.54) is 14.2 Å². The first-order valence-corrected chi connectivity index (χ1v) is 31.2. The van der Waals surface area contributed by atoms with Crippen LogP contribution in [0.1, 0.15) is 139 Å². The summed E-state index contributed by atoms with van der Waals surface area (Å²) in [4.78, 5) is 167. The molecule has 4 N–H and O–H groups in total. The highest BCUT2D eigenvalue weighted by atomic mass is 35.5. The zero-order valence-corrected chi connectivity index (χ0v) is 53.8. The molecule has 4 aliphatic heterocycles. The van der Waals surface area contributed by atoms with Gasteiger partial charge in [0, 0.05) is 166 Å². The van der Waals surface area contributed by atoms with Crippen molar-refractivity contribution >= 4 is 86.8 Å². The molecule has 486 valence electrons. The average Bonchev–Trinajstić information content (AvgIpc) is 0.711. The van der Waals surface area contributed by atoms with Gasteiger partial charge in [0.15, 0.2) is 23.1 Å². The maximum Gasteiger partial charge on any atom is 0.242 e. The van der Waals surface area contributed by atoms with Crippen molar-refractivity contribution in [3.63, 3.8) is 0 Å². The Hall–Kier alpha value is -6.54. The van der Waals surface area contributed by atoms with E-state index in [1.54, 1.807) is 101 Å². The summed E-state index contributed by atoms with van der Waals surface area (Å²) in [6.45, 7) is 15.9. The van der Waals surface area contributed by atoms with Crippen LogP contribution in [0.15, 0.2) is 53.8 Å². The number of fused-ring (bicyclic) bond motifs is 3. The lowest BCUT2D eigenvalue weighted by Crippen LogP contribution is -2.68. The summed E-state index contributed by atoms with van der Waals surface area (Å²) >= 11 is 6.14. The molecule has 5 heterocycles. The predicted octanol–water partition coefficient (Wildman–Crippen LogP) is 5.58. The van der Waals surface area contributed by atoms with Crippen LogP contribution in [-0.2, 0) is 77.0 Å². The van der Waals surface area contributed by atoms with Crippen LogP contribution in [-0.4, -0.2) is 181 Å². The number of likely N-dealkylation sites (tertiary alicyclic amines) is 2. The minimum atomic E-state index is -1.73. The van der Waals surface area contributed by atoms with Gasteiger partial charge in [-0.3, -0.25) is 52.9 Å². The number of ketones is 4. The lowest BCUT2D eigenvalue weighted by Gasteiger charge is -2.55. The molecule has 24 nitrogen and oxygen atoms in total. The second-order valence-corrected chi connectivity index (χ2v) is 26.7. The number of carbonyl (C=O) groups excluding carboxylic acids is 10. The van der Waals surface area contributed by atoms with Crippen LogP contribution in [0.5, 0.6) is 0 Å². The van der Waals surface area contributed by atoms with Gasteiger partial charge in [0.2, 0.25) is 47.0 Å². The number of halogens is 1. The van der Waals surface area contributed by atoms with Crippen molar-refractivity contribution in [3.8, 4) is 0 Å². The largest absolute Gasteiger partial charge is 0.383 e. The molecule has 1 aromatic heterocycles. The summed E-state index contributed by atoms with van der Waals surface area (Å²) in [5.41, 5.74) is -5.17. The highest BCUT2D eigenvalue weighted by Gasteiger charge is 2.70. The normalized spacial score (nSPS) is 23.6. The second-order valence-electron chi connectivity index (χ2n) is 26.2. The van der Waals surface area contributed by atoms with Crippen molar-refractivity contribution in [1.82, 2.24) is 35.6 Å². The maximum absolute atomic E-state index is 13.7. The lowest BCUT2D eigenvalue weighted by molar-refractivity contribution is -0.473. The molecule has 89 heavy (non-hydrogen) atoms. The van der Waals surface area contributed by atoms with E-state index in [9.17, 15) is 47.9 Å². The predicted molar refractivity (Wildman–Crippen MR) is 325 cm³/mol. The van der Waals surface area contributed by atoms with Gasteiger partial charge >= 0.3 is 0 Å². The Morgan fingerprint density at radius 3 is 1.51 bits per heavy atom. The third-order valence-corrected chi connectivity index (χ3v) is 19.1. The first-order chi connectivity index (χ1) is 41.9. The molecule has 6 aliphatic rings. The molecule has 25 heteroatoms. The summed E-state index contributed by atoms with van der Waals surface area (Å²) < 4.78 is 11.5. The van der Waals surface area contributed by atoms with E-state index >= 15 is 0 Å². The zero-order valence-electron chi connectivity index (χ0n) is 53.0. The van der Waals surface area contributed by atoms with Gasteiger partial charge in [-0.05, 0) is 111 Å². The molecule has 0 bridgehead atoms. The molecule has 6 amide bonds. The van der Waals surface area contributed by atoms with E-state index in [-0.39, 0.29) is 142 Å². The van der Waals surface area contributed by atoms with Gasteiger partial charge in [0.05, 0.1) is 38.3 Å². The number of hydrogen-bond acceptors (Lipinski definition) is 18. The highest BCUT2D eigenvalue weighted by Crippen LogP contribution is 2.57. The molecule has 0 radical (unpaired) electrons. The number of unbranched alkanes of at least 4 members (excludes halogenated alkanes) is 1. The van der Waals surface area contributed by atoms with Crippen LogP contribution < -0.4 is 21.3 Å². The first kappa shape index (κ1) is 68.4. The van der Waals surface area contributed by atoms with Crippen molar-refractivity contribution in [1.29, 1.82) is 0 Å². The number of carbonyl (C=O) groups is 10. The Bertz CT molecular complexity index is 3180. The molecule has 2 unspecified atom stereocenters. The molecule has 2 spiro atoms. The SMILES string of the molecule is COC12OOC3(C=C1C(=O)C(C)(C)C(=O)C2(C)C)CCN(C(=O)CCC(=O)NCCCCN(CCCNC(=O)CCC(=O)N1CCC2(C=C4C(=O)C(C)(C)C(=O)C(C)(C)C4(OC)OO2)CC1)C(=O)CCC(=O)NCCNc1ccnc2cc(Cl)ccc12)CC3. The Balaban J connectivity index is 0.766. The number of benzene rings is 1. The third kappa shape index (κ3) is 13.7. The van der Waals surface area contributed by atoms with Gasteiger partial charge in [0.1, 0.15) is 11.2 Å². The fraction of sp³-hybridized carbons (Fsp3) is 0.641. The molecule has 2 saturated carbocycles. The number of hydrogen-bond donors (Lipinski definition) is 4. The molecule has 2 atom stereocenters. The number of ether oxygens (including phenoxy) is 2. The topological polar surface area (TPSA) is 297 Å². The number of methoxy groups -OCH3 is 2. The van der Waals surface area contributed by atoms with Crippen LogP contribution in [0, 0.1) is 21.7 Å². The Labute approximate surface area is 524 Å². The van der Waals surface area contributed by atoms with Crippen LogP contribution in [0.25, 0.3) is 10.9 Å². The average molecular weight is 1260 g/mol. The van der Waals surface area contributed by atoms with E-state index in [4.69, 9.17) is 40.6 Å². The van der Waals surface area contributed by atoms with E-state index in [2.05, 4.69) is 26.3 Å². The van der Waals surface area contributed by atoms with E-state index in [0.29, 0.717) is 69.6 Å². The molecule has 2 aromatic rings. The van der Waals surface area contributed by atoms with Crippen LogP contribution >= 0.6 is 11.6 Å². The van der Waals surface area contributed by atoms with Gasteiger partial charge < -0.3 is 45.4 Å². The number of piperidine rings is 2. The quantitative estimate of drug-likeness (QED) is 0.0566. The van der Waals surface area contributed by atoms with Gasteiger partial charge in [-0.25, -0.2) is 9.78 Å². The number of Topliss-reactive ketones (excluding diaryl/α,β-unsaturated/α-hetero) is 4. The number of aromatic nitrogens is 1. The fourth-order valence-electron chi connectivity index (χ4n) is 13.3. The van der Waals surface area contributed by atoms with Gasteiger partial charge in [0.25, 0.3) is 0 Å². The summed E-state index contributed by atoms with van der Waals surface area (Å²) in [5, 5.41) is 13.3. The number of anilines is 1. The molecular weight excluding hydrogens is 1170 g/mol. The number of pyridine rings is 1. The minimum absolute atomic E-state index is 0.0289. The molecule has 2 aliphatic carbocycles. The van der Waals surface area contributed by atoms with Crippen molar-refractivity contribution in [2.45, 2.75) is 162 Å². The zero-order chi connectivity index (χ0) is 65.0. The molecule has 8 rings (SSSR count). The number of rotatable bonds is 24. The van der Waals surface area contributed by atoms with Crippen LogP contribution in [0.3, 0.4) is 0 Å². The lowest BCUT2D eigenvalue weighted by atomic mass is 9.57. The van der Waals surface area contributed by atoms with Crippen LogP contribution in [0.2, 0.25) is 5.02 Å². The van der Waals surface area contributed by atoms with Crippen LogP contribution in [0.4, 0.5) is 5.69 Å². The van der Waals surface area contributed by atoms with Crippen molar-refractivity contribution < 1.29 is 77.0 Å². The highest BCUT2D eigenvalue weighted by molar-refractivity contribution is 6.31. The smallest absolute Gasteiger partial charge is 0.242 e. The Kier molecular flexibility index (Phi) is 20.8. The Morgan fingerprint density at radius 1 is 0.573 bits per heavy atom. The molecular formula is C64H87ClN8O16. The second kappa shape index (κ2) is 27.1. The van der Waals surface area contributed by atoms with Gasteiger partial charge in [-0.2, -0.15) is 9.78 Å². The molecule has 1 aromatic carbocycles. The molecule has 4 fully saturated rings. The summed E-state index contributed by atoms with van der Waals surface area (Å²) in [6.07, 6.45) is 7.39. The monoisotopic (exact) mass is 1260 g/mol. The number of nitrogens with zero attached hydrogens (tertiary/aromatic N) is 4. The Morgan fingerprint density at radius 2 is 1.02 bits per heavy atom. The minimum Gasteiger partial charge on any atom is -0.383 e.